The highest BCUT2D eigenvalue weighted by Gasteiger charge is 2.13. The summed E-state index contributed by atoms with van der Waals surface area (Å²) in [6.45, 7) is 1.82. The van der Waals surface area contributed by atoms with Crippen LogP contribution in [0.4, 0.5) is 0 Å². The Hall–Kier alpha value is -0.940. The van der Waals surface area contributed by atoms with Crippen molar-refractivity contribution < 1.29 is 19.4 Å². The predicted molar refractivity (Wildman–Crippen MR) is 53.7 cm³/mol. The number of carboxylic acid groups (broad SMARTS) is 1. The molecule has 0 amide bonds. The molecule has 5 heteroatoms. The third-order valence-electron chi connectivity index (χ3n) is 1.64. The van der Waals surface area contributed by atoms with E-state index in [-0.39, 0.29) is 12.4 Å². The molecule has 0 aromatic carbocycles. The number of hydrogen-bond acceptors (Lipinski definition) is 4. The predicted octanol–water partition coefficient (Wildman–Crippen LogP) is 1.51. The van der Waals surface area contributed by atoms with Gasteiger partial charge in [0.15, 0.2) is 0 Å². The fourth-order valence-corrected chi connectivity index (χ4v) is 1.69. The maximum Gasteiger partial charge on any atom is 0.372 e. The van der Waals surface area contributed by atoms with Gasteiger partial charge in [-0.05, 0) is 13.0 Å². The molecule has 0 aliphatic carbocycles. The number of hydrogen-bond donors (Lipinski definition) is 2. The lowest BCUT2D eigenvalue weighted by molar-refractivity contribution is 0.0659. The average Bonchev–Trinajstić information content (AvgIpc) is 2.47. The molecule has 0 bridgehead atoms. The number of aromatic carboxylic acids is 1. The van der Waals surface area contributed by atoms with Crippen LogP contribution in [-0.2, 0) is 5.75 Å². The highest BCUT2D eigenvalue weighted by atomic mass is 32.2. The first-order valence-corrected chi connectivity index (χ1v) is 5.32. The van der Waals surface area contributed by atoms with E-state index in [1.165, 1.54) is 11.8 Å². The van der Waals surface area contributed by atoms with E-state index >= 15 is 0 Å². The van der Waals surface area contributed by atoms with Crippen LogP contribution in [0.5, 0.6) is 0 Å². The fourth-order valence-electron chi connectivity index (χ4n) is 1.07. The van der Waals surface area contributed by atoms with E-state index in [4.69, 9.17) is 14.6 Å². The van der Waals surface area contributed by atoms with Gasteiger partial charge >= 0.3 is 5.97 Å². The smallest absolute Gasteiger partial charge is 0.372 e. The lowest BCUT2D eigenvalue weighted by Gasteiger charge is -1.94. The van der Waals surface area contributed by atoms with Crippen molar-refractivity contribution in [2.75, 3.05) is 12.4 Å². The molecule has 4 nitrogen and oxygen atoms in total. The van der Waals surface area contributed by atoms with Crippen LogP contribution in [0.1, 0.15) is 21.9 Å². The van der Waals surface area contributed by atoms with Gasteiger partial charge in [0.1, 0.15) is 5.76 Å². The Morgan fingerprint density at radius 2 is 2.36 bits per heavy atom. The molecule has 0 atom stereocenters. The summed E-state index contributed by atoms with van der Waals surface area (Å²) in [5.74, 6) is 0.820. The van der Waals surface area contributed by atoms with E-state index < -0.39 is 5.97 Å². The summed E-state index contributed by atoms with van der Waals surface area (Å²) in [7, 11) is 0. The van der Waals surface area contributed by atoms with Crippen molar-refractivity contribution in [2.45, 2.75) is 12.7 Å². The van der Waals surface area contributed by atoms with Gasteiger partial charge in [-0.2, -0.15) is 11.8 Å². The molecule has 0 spiro atoms. The highest BCUT2D eigenvalue weighted by molar-refractivity contribution is 7.98. The molecule has 0 saturated heterocycles. The van der Waals surface area contributed by atoms with Crippen LogP contribution in [0.2, 0.25) is 0 Å². The van der Waals surface area contributed by atoms with Gasteiger partial charge in [-0.3, -0.25) is 0 Å². The standard InChI is InChI=1S/C9H12O4S/c1-6-4-7(5-14-3-2-10)13-8(6)9(11)12/h4,10H,2-3,5H2,1H3,(H,11,12). The van der Waals surface area contributed by atoms with Crippen molar-refractivity contribution in [1.82, 2.24) is 0 Å². The number of thioether (sulfide) groups is 1. The summed E-state index contributed by atoms with van der Waals surface area (Å²) >= 11 is 1.50. The fraction of sp³-hybridized carbons (Fsp3) is 0.444. The normalized spacial score (nSPS) is 10.4. The molecule has 0 aliphatic heterocycles. The Kier molecular flexibility index (Phi) is 4.03. The zero-order valence-corrected chi connectivity index (χ0v) is 8.63. The van der Waals surface area contributed by atoms with Gasteiger partial charge < -0.3 is 14.6 Å². The van der Waals surface area contributed by atoms with Crippen LogP contribution in [0.25, 0.3) is 0 Å². The Bertz CT molecular complexity index is 319. The summed E-state index contributed by atoms with van der Waals surface area (Å²) in [5.41, 5.74) is 0.636. The van der Waals surface area contributed by atoms with Gasteiger partial charge in [-0.15, -0.1) is 0 Å². The lowest BCUT2D eigenvalue weighted by Crippen LogP contribution is -1.95. The zero-order valence-electron chi connectivity index (χ0n) is 7.82. The quantitative estimate of drug-likeness (QED) is 0.730. The first kappa shape index (κ1) is 11.1. The van der Waals surface area contributed by atoms with E-state index in [2.05, 4.69) is 0 Å². The molecule has 0 saturated carbocycles. The number of aliphatic hydroxyl groups is 1. The molecule has 1 rings (SSSR count). The molecule has 14 heavy (non-hydrogen) atoms. The van der Waals surface area contributed by atoms with Crippen LogP contribution < -0.4 is 0 Å². The lowest BCUT2D eigenvalue weighted by atomic mass is 10.3. The van der Waals surface area contributed by atoms with E-state index in [1.54, 1.807) is 13.0 Å². The number of rotatable bonds is 5. The molecule has 1 aromatic heterocycles. The van der Waals surface area contributed by atoms with Crippen LogP contribution in [0, 0.1) is 6.92 Å². The van der Waals surface area contributed by atoms with Gasteiger partial charge in [0.2, 0.25) is 5.76 Å². The first-order valence-electron chi connectivity index (χ1n) is 4.16. The van der Waals surface area contributed by atoms with E-state index in [0.717, 1.165) is 0 Å². The molecule has 1 heterocycles. The molecule has 2 N–H and O–H groups in total. The monoisotopic (exact) mass is 216 g/mol. The molecule has 78 valence electrons. The summed E-state index contributed by atoms with van der Waals surface area (Å²) in [6, 6.07) is 1.72. The van der Waals surface area contributed by atoms with Crippen LogP contribution in [-0.4, -0.2) is 28.5 Å². The molecule has 1 aromatic rings. The molecule has 0 radical (unpaired) electrons. The zero-order chi connectivity index (χ0) is 10.6. The number of carbonyl (C=O) groups is 1. The largest absolute Gasteiger partial charge is 0.475 e. The SMILES string of the molecule is Cc1cc(CSCCO)oc1C(=O)O. The van der Waals surface area contributed by atoms with Crippen molar-refractivity contribution in [3.8, 4) is 0 Å². The summed E-state index contributed by atoms with van der Waals surface area (Å²) < 4.78 is 5.12. The van der Waals surface area contributed by atoms with Gasteiger partial charge in [0, 0.05) is 11.3 Å². The molecule has 0 fully saturated rings. The van der Waals surface area contributed by atoms with Crippen molar-refractivity contribution in [1.29, 1.82) is 0 Å². The minimum atomic E-state index is -1.04. The third kappa shape index (κ3) is 2.78. The van der Waals surface area contributed by atoms with Crippen molar-refractivity contribution in [3.63, 3.8) is 0 Å². The van der Waals surface area contributed by atoms with E-state index in [1.807, 2.05) is 0 Å². The van der Waals surface area contributed by atoms with E-state index in [0.29, 0.717) is 22.8 Å². The minimum absolute atomic E-state index is 0.00426. The highest BCUT2D eigenvalue weighted by Crippen LogP contribution is 2.19. The van der Waals surface area contributed by atoms with Crippen LogP contribution in [0.3, 0.4) is 0 Å². The topological polar surface area (TPSA) is 70.7 Å². The molecule has 0 aliphatic rings. The first-order chi connectivity index (χ1) is 6.65. The molecular weight excluding hydrogens is 204 g/mol. The summed E-state index contributed by atoms with van der Waals surface area (Å²) in [5, 5.41) is 17.3. The maximum atomic E-state index is 10.6. The van der Waals surface area contributed by atoms with E-state index in [9.17, 15) is 4.79 Å². The Morgan fingerprint density at radius 1 is 1.64 bits per heavy atom. The van der Waals surface area contributed by atoms with Gasteiger partial charge in [-0.1, -0.05) is 0 Å². The second-order valence-electron chi connectivity index (χ2n) is 2.81. The van der Waals surface area contributed by atoms with Gasteiger partial charge in [0.25, 0.3) is 0 Å². The number of aryl methyl sites for hydroxylation is 1. The van der Waals surface area contributed by atoms with Crippen LogP contribution in [0.15, 0.2) is 10.5 Å². The number of carboxylic acids is 1. The van der Waals surface area contributed by atoms with Crippen molar-refractivity contribution in [2.24, 2.45) is 0 Å². The maximum absolute atomic E-state index is 10.6. The Morgan fingerprint density at radius 3 is 2.86 bits per heavy atom. The minimum Gasteiger partial charge on any atom is -0.475 e. The second kappa shape index (κ2) is 5.07. The average molecular weight is 216 g/mol. The van der Waals surface area contributed by atoms with Crippen LogP contribution >= 0.6 is 11.8 Å². The summed E-state index contributed by atoms with van der Waals surface area (Å²) in [4.78, 5) is 10.6. The van der Waals surface area contributed by atoms with Crippen molar-refractivity contribution in [3.05, 3.63) is 23.2 Å². The second-order valence-corrected chi connectivity index (χ2v) is 3.91. The number of furan rings is 1. The van der Waals surface area contributed by atoms with Crippen molar-refractivity contribution >= 4 is 17.7 Å². The number of aliphatic hydroxyl groups excluding tert-OH is 1. The summed E-state index contributed by atoms with van der Waals surface area (Å²) in [6.07, 6.45) is 0. The third-order valence-corrected chi connectivity index (χ3v) is 2.60. The molecular formula is C9H12O4S. The molecule has 0 unspecified atom stereocenters. The van der Waals surface area contributed by atoms with Gasteiger partial charge in [0.05, 0.1) is 12.4 Å². The van der Waals surface area contributed by atoms with Gasteiger partial charge in [-0.25, -0.2) is 4.79 Å². The Balaban J connectivity index is 2.62. The Labute approximate surface area is 85.9 Å².